The maximum Gasteiger partial charge on any atom is 0.245 e. The second kappa shape index (κ2) is 9.27. The maximum absolute atomic E-state index is 12.6. The number of carbonyl (C=O) groups excluding carboxylic acids is 1. The summed E-state index contributed by atoms with van der Waals surface area (Å²) in [6.07, 6.45) is 5.31. The molecule has 1 aliphatic heterocycles. The quantitative estimate of drug-likeness (QED) is 0.591. The topological polar surface area (TPSA) is 97.8 Å². The molecule has 1 aliphatic rings. The van der Waals surface area contributed by atoms with Gasteiger partial charge in [0.05, 0.1) is 11.9 Å². The number of aromatic nitrogens is 1. The number of hydrogen-bond acceptors (Lipinski definition) is 6. The zero-order valence-corrected chi connectivity index (χ0v) is 18.3. The highest BCUT2D eigenvalue weighted by molar-refractivity contribution is 7.92. The third-order valence-corrected chi connectivity index (χ3v) is 6.04. The van der Waals surface area contributed by atoms with E-state index in [1.54, 1.807) is 42.7 Å². The van der Waals surface area contributed by atoms with Crippen LogP contribution >= 0.6 is 0 Å². The molecule has 0 saturated carbocycles. The van der Waals surface area contributed by atoms with Gasteiger partial charge in [0.1, 0.15) is 19.8 Å². The van der Waals surface area contributed by atoms with Crippen LogP contribution in [0.15, 0.2) is 67.0 Å². The molecular weight excluding hydrogens is 430 g/mol. The van der Waals surface area contributed by atoms with Gasteiger partial charge in [0.2, 0.25) is 15.9 Å². The van der Waals surface area contributed by atoms with Gasteiger partial charge >= 0.3 is 0 Å². The Morgan fingerprint density at radius 2 is 1.62 bits per heavy atom. The van der Waals surface area contributed by atoms with E-state index in [9.17, 15) is 13.2 Å². The van der Waals surface area contributed by atoms with Gasteiger partial charge in [0, 0.05) is 24.1 Å². The second-order valence-electron chi connectivity index (χ2n) is 7.37. The van der Waals surface area contributed by atoms with Gasteiger partial charge in [0.15, 0.2) is 11.5 Å². The molecule has 3 aromatic rings. The fourth-order valence-corrected chi connectivity index (χ4v) is 4.21. The fraction of sp³-hybridized carbons (Fsp3) is 0.217. The molecule has 32 heavy (non-hydrogen) atoms. The van der Waals surface area contributed by atoms with Crippen LogP contribution in [0.4, 0.5) is 11.4 Å². The van der Waals surface area contributed by atoms with E-state index in [0.717, 1.165) is 28.1 Å². The molecule has 1 N–H and O–H groups in total. The summed E-state index contributed by atoms with van der Waals surface area (Å²) in [5.74, 6) is 0.546. The Labute approximate surface area is 186 Å². The van der Waals surface area contributed by atoms with Crippen LogP contribution in [0.25, 0.3) is 0 Å². The fourth-order valence-electron chi connectivity index (χ4n) is 3.36. The molecule has 2 heterocycles. The Hall–Kier alpha value is -3.59. The van der Waals surface area contributed by atoms with Crippen molar-refractivity contribution in [3.8, 4) is 11.5 Å². The SMILES string of the molecule is CS(=O)(=O)N(CC(=O)Nc1ccc(Cc2ccncc2)cc1)c1ccc2c(c1)OCCO2. The smallest absolute Gasteiger partial charge is 0.245 e. The zero-order valence-electron chi connectivity index (χ0n) is 17.5. The van der Waals surface area contributed by atoms with Crippen molar-refractivity contribution in [2.75, 3.05) is 35.6 Å². The zero-order chi connectivity index (χ0) is 22.6. The second-order valence-corrected chi connectivity index (χ2v) is 9.28. The summed E-state index contributed by atoms with van der Waals surface area (Å²) >= 11 is 0. The van der Waals surface area contributed by atoms with Gasteiger partial charge < -0.3 is 14.8 Å². The Morgan fingerprint density at radius 3 is 2.31 bits per heavy atom. The van der Waals surface area contributed by atoms with Gasteiger partial charge in [-0.25, -0.2) is 8.42 Å². The molecule has 0 saturated heterocycles. The summed E-state index contributed by atoms with van der Waals surface area (Å²) in [6, 6.07) is 16.1. The van der Waals surface area contributed by atoms with Crippen LogP contribution in [0.1, 0.15) is 11.1 Å². The van der Waals surface area contributed by atoms with Crippen molar-refractivity contribution in [1.82, 2.24) is 4.98 Å². The largest absolute Gasteiger partial charge is 0.486 e. The first-order valence-corrected chi connectivity index (χ1v) is 11.9. The van der Waals surface area contributed by atoms with Gasteiger partial charge in [-0.2, -0.15) is 0 Å². The van der Waals surface area contributed by atoms with Gasteiger partial charge in [0.25, 0.3) is 0 Å². The molecule has 1 amide bonds. The number of nitrogens with zero attached hydrogens (tertiary/aromatic N) is 2. The van der Waals surface area contributed by atoms with Gasteiger partial charge in [-0.05, 0) is 53.9 Å². The molecule has 2 aromatic carbocycles. The van der Waals surface area contributed by atoms with Gasteiger partial charge in [-0.3, -0.25) is 14.1 Å². The van der Waals surface area contributed by atoms with E-state index in [2.05, 4.69) is 10.3 Å². The minimum atomic E-state index is -3.70. The molecule has 0 spiro atoms. The molecule has 0 atom stereocenters. The monoisotopic (exact) mass is 453 g/mol. The molecule has 166 valence electrons. The molecule has 0 fully saturated rings. The number of ether oxygens (including phenoxy) is 2. The van der Waals surface area contributed by atoms with Crippen molar-refractivity contribution >= 4 is 27.3 Å². The van der Waals surface area contributed by atoms with Gasteiger partial charge in [-0.1, -0.05) is 12.1 Å². The van der Waals surface area contributed by atoms with E-state index in [1.807, 2.05) is 24.3 Å². The summed E-state index contributed by atoms with van der Waals surface area (Å²) in [6.45, 7) is 0.454. The number of anilines is 2. The summed E-state index contributed by atoms with van der Waals surface area (Å²) < 4.78 is 36.8. The number of nitrogens with one attached hydrogen (secondary N) is 1. The van der Waals surface area contributed by atoms with Crippen LogP contribution in [-0.2, 0) is 21.2 Å². The molecular formula is C23H23N3O5S. The average Bonchev–Trinajstić information content (AvgIpc) is 2.78. The third-order valence-electron chi connectivity index (χ3n) is 4.90. The van der Waals surface area contributed by atoms with Crippen molar-refractivity contribution < 1.29 is 22.7 Å². The number of fused-ring (bicyclic) bond motifs is 1. The first-order valence-electron chi connectivity index (χ1n) is 10.0. The average molecular weight is 454 g/mol. The summed E-state index contributed by atoms with van der Waals surface area (Å²) in [5.41, 5.74) is 3.15. The van der Waals surface area contributed by atoms with Crippen LogP contribution in [0.3, 0.4) is 0 Å². The van der Waals surface area contributed by atoms with Gasteiger partial charge in [-0.15, -0.1) is 0 Å². The molecule has 0 bridgehead atoms. The Kier molecular flexibility index (Phi) is 6.27. The van der Waals surface area contributed by atoms with Crippen molar-refractivity contribution in [2.24, 2.45) is 0 Å². The number of carbonyl (C=O) groups is 1. The highest BCUT2D eigenvalue weighted by Crippen LogP contribution is 2.34. The van der Waals surface area contributed by atoms with Crippen LogP contribution < -0.4 is 19.1 Å². The van der Waals surface area contributed by atoms with E-state index >= 15 is 0 Å². The minimum absolute atomic E-state index is 0.333. The van der Waals surface area contributed by atoms with Crippen molar-refractivity contribution in [3.05, 3.63) is 78.1 Å². The highest BCUT2D eigenvalue weighted by Gasteiger charge is 2.23. The van der Waals surface area contributed by atoms with Crippen LogP contribution in [-0.4, -0.2) is 45.3 Å². The van der Waals surface area contributed by atoms with E-state index in [0.29, 0.717) is 36.1 Å². The highest BCUT2D eigenvalue weighted by atomic mass is 32.2. The number of pyridine rings is 1. The molecule has 4 rings (SSSR count). The van der Waals surface area contributed by atoms with E-state index < -0.39 is 15.9 Å². The normalized spacial score (nSPS) is 12.8. The lowest BCUT2D eigenvalue weighted by Gasteiger charge is -2.24. The first kappa shape index (κ1) is 21.6. The van der Waals surface area contributed by atoms with Crippen LogP contribution in [0, 0.1) is 0 Å². The lowest BCUT2D eigenvalue weighted by Crippen LogP contribution is -2.37. The molecule has 8 nitrogen and oxygen atoms in total. The summed E-state index contributed by atoms with van der Waals surface area (Å²) in [4.78, 5) is 16.6. The lowest BCUT2D eigenvalue weighted by atomic mass is 10.1. The molecule has 9 heteroatoms. The Bertz CT molecular complexity index is 1200. The first-order chi connectivity index (χ1) is 15.4. The van der Waals surface area contributed by atoms with E-state index in [1.165, 1.54) is 0 Å². The number of rotatable bonds is 7. The lowest BCUT2D eigenvalue weighted by molar-refractivity contribution is -0.114. The molecule has 0 radical (unpaired) electrons. The summed E-state index contributed by atoms with van der Waals surface area (Å²) in [7, 11) is -3.70. The van der Waals surface area contributed by atoms with E-state index in [4.69, 9.17) is 9.47 Å². The standard InChI is InChI=1S/C23H23N3O5S/c1-32(28,29)26(20-6-7-21-22(15-20)31-13-12-30-21)16-23(27)25-19-4-2-17(3-5-19)14-18-8-10-24-11-9-18/h2-11,15H,12-14,16H2,1H3,(H,25,27). The molecule has 1 aromatic heterocycles. The number of amides is 1. The van der Waals surface area contributed by atoms with Crippen LogP contribution in [0.5, 0.6) is 11.5 Å². The third kappa shape index (κ3) is 5.36. The predicted octanol–water partition coefficient (Wildman–Crippen LogP) is 2.85. The van der Waals surface area contributed by atoms with E-state index in [-0.39, 0.29) is 6.54 Å². The molecule has 0 unspecified atom stereocenters. The van der Waals surface area contributed by atoms with Crippen molar-refractivity contribution in [2.45, 2.75) is 6.42 Å². The number of hydrogen-bond donors (Lipinski definition) is 1. The Balaban J connectivity index is 1.44. The number of sulfonamides is 1. The predicted molar refractivity (Wildman–Crippen MR) is 122 cm³/mol. The Morgan fingerprint density at radius 1 is 0.969 bits per heavy atom. The van der Waals surface area contributed by atoms with Crippen molar-refractivity contribution in [1.29, 1.82) is 0 Å². The summed E-state index contributed by atoms with van der Waals surface area (Å²) in [5, 5.41) is 2.76. The maximum atomic E-state index is 12.6. The van der Waals surface area contributed by atoms with Crippen molar-refractivity contribution in [3.63, 3.8) is 0 Å². The number of benzene rings is 2. The minimum Gasteiger partial charge on any atom is -0.486 e. The van der Waals surface area contributed by atoms with Crippen LogP contribution in [0.2, 0.25) is 0 Å². The molecule has 0 aliphatic carbocycles.